The maximum absolute atomic E-state index is 12.3. The number of nitrogens with zero attached hydrogens (tertiary/aromatic N) is 3. The van der Waals surface area contributed by atoms with Crippen molar-refractivity contribution >= 4 is 29.1 Å². The second-order valence-electron chi connectivity index (χ2n) is 5.90. The Morgan fingerprint density at radius 3 is 2.67 bits per heavy atom. The topological polar surface area (TPSA) is 85.8 Å². The van der Waals surface area contributed by atoms with Gasteiger partial charge in [-0.05, 0) is 30.9 Å². The van der Waals surface area contributed by atoms with Crippen LogP contribution in [-0.4, -0.2) is 33.3 Å². The van der Waals surface area contributed by atoms with Gasteiger partial charge in [0, 0.05) is 19.0 Å². The average Bonchev–Trinajstić information content (AvgIpc) is 3.32. The Balaban J connectivity index is 1.83. The van der Waals surface area contributed by atoms with Crippen LogP contribution in [0.15, 0.2) is 18.2 Å². The van der Waals surface area contributed by atoms with E-state index in [2.05, 4.69) is 15.4 Å². The predicted molar refractivity (Wildman–Crippen MR) is 93.8 cm³/mol. The van der Waals surface area contributed by atoms with Gasteiger partial charge in [-0.1, -0.05) is 36.2 Å². The molecule has 1 aliphatic carbocycles. The molecule has 0 aliphatic heterocycles. The van der Waals surface area contributed by atoms with Crippen LogP contribution in [0.5, 0.6) is 0 Å². The fraction of sp³-hybridized carbons (Fsp3) is 0.438. The molecule has 0 spiro atoms. The molecule has 1 unspecified atom stereocenters. The van der Waals surface area contributed by atoms with Crippen LogP contribution < -0.4 is 11.1 Å². The van der Waals surface area contributed by atoms with E-state index in [4.69, 9.17) is 28.9 Å². The molecular weight excluding hydrogens is 349 g/mol. The van der Waals surface area contributed by atoms with Crippen LogP contribution in [0.2, 0.25) is 10.0 Å². The first-order chi connectivity index (χ1) is 11.5. The number of nitrogens with one attached hydrogen (secondary N) is 1. The van der Waals surface area contributed by atoms with Crippen LogP contribution in [0, 0.1) is 5.92 Å². The number of amides is 1. The molecule has 1 atom stereocenters. The zero-order valence-electron chi connectivity index (χ0n) is 13.3. The predicted octanol–water partition coefficient (Wildman–Crippen LogP) is 2.60. The third kappa shape index (κ3) is 3.55. The Hall–Kier alpha value is -1.63. The number of rotatable bonds is 6. The zero-order chi connectivity index (χ0) is 17.3. The number of benzene rings is 1. The molecule has 0 bridgehead atoms. The van der Waals surface area contributed by atoms with Gasteiger partial charge in [0.2, 0.25) is 5.82 Å². The van der Waals surface area contributed by atoms with Gasteiger partial charge in [-0.15, -0.1) is 5.10 Å². The molecule has 1 aromatic carbocycles. The van der Waals surface area contributed by atoms with Crippen molar-refractivity contribution in [3.05, 3.63) is 39.9 Å². The highest BCUT2D eigenvalue weighted by Crippen LogP contribution is 2.31. The number of para-hydroxylation sites is 1. The highest BCUT2D eigenvalue weighted by molar-refractivity contribution is 6.37. The molecule has 3 N–H and O–H groups in total. The first-order valence-electron chi connectivity index (χ1n) is 7.95. The molecule has 3 rings (SSSR count). The molecule has 2 aromatic rings. The minimum atomic E-state index is -0.345. The van der Waals surface area contributed by atoms with Gasteiger partial charge in [0.15, 0.2) is 0 Å². The highest BCUT2D eigenvalue weighted by Gasteiger charge is 2.29. The van der Waals surface area contributed by atoms with Crippen molar-refractivity contribution in [3.63, 3.8) is 0 Å². The summed E-state index contributed by atoms with van der Waals surface area (Å²) in [5, 5.41) is 7.99. The van der Waals surface area contributed by atoms with Crippen LogP contribution in [0.25, 0.3) is 5.69 Å². The fourth-order valence-corrected chi connectivity index (χ4v) is 3.08. The van der Waals surface area contributed by atoms with Crippen molar-refractivity contribution in [2.24, 2.45) is 11.7 Å². The number of carbonyl (C=O) groups excluding carboxylic acids is 1. The maximum Gasteiger partial charge on any atom is 0.291 e. The summed E-state index contributed by atoms with van der Waals surface area (Å²) in [6.07, 6.45) is 2.85. The number of aromatic nitrogens is 3. The van der Waals surface area contributed by atoms with Gasteiger partial charge in [-0.3, -0.25) is 4.79 Å². The number of carbonyl (C=O) groups is 1. The molecule has 1 fully saturated rings. The third-order valence-electron chi connectivity index (χ3n) is 4.07. The van der Waals surface area contributed by atoms with E-state index < -0.39 is 0 Å². The molecule has 128 valence electrons. The number of hydrogen-bond acceptors (Lipinski definition) is 4. The molecular formula is C16H19Cl2N5O. The number of nitrogens with two attached hydrogens (primary N) is 1. The molecule has 24 heavy (non-hydrogen) atoms. The molecule has 1 saturated carbocycles. The van der Waals surface area contributed by atoms with Gasteiger partial charge in [-0.2, -0.15) is 0 Å². The molecule has 1 amide bonds. The van der Waals surface area contributed by atoms with Gasteiger partial charge in [-0.25, -0.2) is 9.67 Å². The molecule has 0 radical (unpaired) electrons. The van der Waals surface area contributed by atoms with E-state index >= 15 is 0 Å². The van der Waals surface area contributed by atoms with E-state index in [1.807, 2.05) is 6.92 Å². The molecule has 6 nitrogen and oxygen atoms in total. The Morgan fingerprint density at radius 1 is 1.42 bits per heavy atom. The quantitative estimate of drug-likeness (QED) is 0.821. The standard InChI is InChI=1S/C16H19Cl2N5O/c1-2-13-21-15(16(24)20-8-12(19)9-6-7-9)22-23(13)14-10(17)4-3-5-11(14)18/h3-5,9,12H,2,6-8,19H2,1H3,(H,20,24). The third-order valence-corrected chi connectivity index (χ3v) is 4.68. The van der Waals surface area contributed by atoms with Crippen LogP contribution in [0.4, 0.5) is 0 Å². The largest absolute Gasteiger partial charge is 0.348 e. The minimum Gasteiger partial charge on any atom is -0.348 e. The van der Waals surface area contributed by atoms with Crippen LogP contribution in [0.3, 0.4) is 0 Å². The second-order valence-corrected chi connectivity index (χ2v) is 6.71. The van der Waals surface area contributed by atoms with Gasteiger partial charge in [0.05, 0.1) is 10.0 Å². The molecule has 1 aliphatic rings. The van der Waals surface area contributed by atoms with Gasteiger partial charge in [0.1, 0.15) is 11.5 Å². The summed E-state index contributed by atoms with van der Waals surface area (Å²) in [5.41, 5.74) is 6.53. The van der Waals surface area contributed by atoms with Crippen molar-refractivity contribution < 1.29 is 4.79 Å². The van der Waals surface area contributed by atoms with Crippen molar-refractivity contribution in [2.45, 2.75) is 32.2 Å². The Labute approximate surface area is 150 Å². The van der Waals surface area contributed by atoms with Gasteiger partial charge < -0.3 is 11.1 Å². The Morgan fingerprint density at radius 2 is 2.08 bits per heavy atom. The zero-order valence-corrected chi connectivity index (χ0v) is 14.8. The smallest absolute Gasteiger partial charge is 0.291 e. The normalized spacial score (nSPS) is 15.3. The molecule has 1 aromatic heterocycles. The summed E-state index contributed by atoms with van der Waals surface area (Å²) in [7, 11) is 0. The lowest BCUT2D eigenvalue weighted by molar-refractivity contribution is 0.0940. The highest BCUT2D eigenvalue weighted by atomic mass is 35.5. The molecule has 0 saturated heterocycles. The number of aryl methyl sites for hydroxylation is 1. The van der Waals surface area contributed by atoms with Crippen molar-refractivity contribution in [1.82, 2.24) is 20.1 Å². The maximum atomic E-state index is 12.3. The Kier molecular flexibility index (Phi) is 5.08. The van der Waals surface area contributed by atoms with Gasteiger partial charge in [0.25, 0.3) is 5.91 Å². The summed E-state index contributed by atoms with van der Waals surface area (Å²) in [5.74, 6) is 0.874. The second kappa shape index (κ2) is 7.09. The van der Waals surface area contributed by atoms with E-state index in [9.17, 15) is 4.79 Å². The van der Waals surface area contributed by atoms with E-state index in [-0.39, 0.29) is 17.8 Å². The van der Waals surface area contributed by atoms with Gasteiger partial charge >= 0.3 is 0 Å². The lowest BCUT2D eigenvalue weighted by Crippen LogP contribution is -2.38. The molecule has 8 heteroatoms. The molecule has 1 heterocycles. The van der Waals surface area contributed by atoms with E-state index in [1.165, 1.54) is 4.68 Å². The first kappa shape index (κ1) is 17.2. The summed E-state index contributed by atoms with van der Waals surface area (Å²) in [4.78, 5) is 16.6. The van der Waals surface area contributed by atoms with Crippen LogP contribution in [0.1, 0.15) is 36.2 Å². The fourth-order valence-electron chi connectivity index (χ4n) is 2.52. The minimum absolute atomic E-state index is 0.0142. The Bertz CT molecular complexity index is 737. The lowest BCUT2D eigenvalue weighted by Gasteiger charge is -2.10. The monoisotopic (exact) mass is 367 g/mol. The van der Waals surface area contributed by atoms with E-state index in [0.717, 1.165) is 12.8 Å². The first-order valence-corrected chi connectivity index (χ1v) is 8.71. The summed E-state index contributed by atoms with van der Waals surface area (Å²) < 4.78 is 1.53. The van der Waals surface area contributed by atoms with E-state index in [1.54, 1.807) is 18.2 Å². The van der Waals surface area contributed by atoms with Crippen molar-refractivity contribution in [2.75, 3.05) is 6.54 Å². The summed E-state index contributed by atoms with van der Waals surface area (Å²) in [6, 6.07) is 5.18. The number of halogens is 2. The summed E-state index contributed by atoms with van der Waals surface area (Å²) in [6.45, 7) is 2.35. The number of hydrogen-bond donors (Lipinski definition) is 2. The van der Waals surface area contributed by atoms with Crippen molar-refractivity contribution in [3.8, 4) is 5.69 Å². The van der Waals surface area contributed by atoms with Crippen LogP contribution >= 0.6 is 23.2 Å². The summed E-state index contributed by atoms with van der Waals surface area (Å²) >= 11 is 12.5. The average molecular weight is 368 g/mol. The van der Waals surface area contributed by atoms with Crippen molar-refractivity contribution in [1.29, 1.82) is 0 Å². The SMILES string of the molecule is CCc1nc(C(=O)NCC(N)C2CC2)nn1-c1c(Cl)cccc1Cl. The van der Waals surface area contributed by atoms with E-state index in [0.29, 0.717) is 40.4 Å². The van der Waals surface area contributed by atoms with Crippen LogP contribution in [-0.2, 0) is 6.42 Å². The lowest BCUT2D eigenvalue weighted by atomic mass is 10.2.